The highest BCUT2D eigenvalue weighted by Crippen LogP contribution is 2.32. The number of nitrogens with zero attached hydrogens (tertiary/aromatic N) is 1. The first-order chi connectivity index (χ1) is 11.9. The number of thioether (sulfide) groups is 1. The zero-order valence-corrected chi connectivity index (χ0v) is 14.0. The van der Waals surface area contributed by atoms with E-state index < -0.39 is 36.2 Å². The van der Waals surface area contributed by atoms with Crippen LogP contribution in [0, 0.1) is 0 Å². The molecule has 1 aliphatic rings. The molecular weight excluding hydrogens is 350 g/mol. The number of carboxylic acid groups (broad SMARTS) is 1. The topological polar surface area (TPSA) is 113 Å². The van der Waals surface area contributed by atoms with Gasteiger partial charge in [-0.2, -0.15) is 0 Å². The Morgan fingerprint density at radius 2 is 1.92 bits per heavy atom. The third kappa shape index (κ3) is 5.08. The van der Waals surface area contributed by atoms with Gasteiger partial charge in [-0.1, -0.05) is 12.1 Å². The summed E-state index contributed by atoms with van der Waals surface area (Å²) in [6.07, 6.45) is 1.50. The lowest BCUT2D eigenvalue weighted by molar-refractivity contribution is -0.307. The molecule has 0 atom stereocenters. The summed E-state index contributed by atoms with van der Waals surface area (Å²) in [7, 11) is 0. The molecule has 1 aliphatic heterocycles. The van der Waals surface area contributed by atoms with Crippen LogP contribution in [-0.4, -0.2) is 47.7 Å². The Kier molecular flexibility index (Phi) is 6.18. The highest BCUT2D eigenvalue weighted by atomic mass is 32.2. The van der Waals surface area contributed by atoms with Crippen molar-refractivity contribution in [1.29, 1.82) is 0 Å². The zero-order chi connectivity index (χ0) is 18.4. The monoisotopic (exact) mass is 364 g/mol. The normalized spacial score (nSPS) is 15.6. The zero-order valence-electron chi connectivity index (χ0n) is 13.2. The third-order valence-corrected chi connectivity index (χ3v) is 3.91. The molecule has 0 aromatic heterocycles. The number of hydrogen-bond acceptors (Lipinski definition) is 8. The van der Waals surface area contributed by atoms with Crippen LogP contribution >= 0.6 is 11.8 Å². The van der Waals surface area contributed by atoms with Crippen molar-refractivity contribution in [2.75, 3.05) is 19.8 Å². The standard InChI is InChI=1S/C16H15NO7S/c1-2-23-14(20)8-17-15(21)12(25-16(17)22)7-10-3-5-11(6-4-10)24-9-13(18)19/h3-7H,2,8-9H2,1H3,(H,18,19)/p-1/b12-7+. The number of amides is 2. The van der Waals surface area contributed by atoms with Gasteiger partial charge < -0.3 is 19.4 Å². The highest BCUT2D eigenvalue weighted by Gasteiger charge is 2.36. The van der Waals surface area contributed by atoms with Crippen LogP contribution in [-0.2, 0) is 19.1 Å². The smallest absolute Gasteiger partial charge is 0.326 e. The molecule has 1 aromatic rings. The molecule has 2 amide bonds. The fraction of sp³-hybridized carbons (Fsp3) is 0.250. The van der Waals surface area contributed by atoms with E-state index in [1.165, 1.54) is 18.2 Å². The predicted molar refractivity (Wildman–Crippen MR) is 86.3 cm³/mol. The maximum absolute atomic E-state index is 12.2. The molecule has 0 unspecified atom stereocenters. The molecule has 0 saturated carbocycles. The number of imide groups is 1. The fourth-order valence-corrected chi connectivity index (χ4v) is 2.76. The summed E-state index contributed by atoms with van der Waals surface area (Å²) < 4.78 is 9.68. The van der Waals surface area contributed by atoms with Crippen LogP contribution in [0.5, 0.6) is 5.75 Å². The summed E-state index contributed by atoms with van der Waals surface area (Å²) in [5.41, 5.74) is 0.613. The number of rotatable bonds is 7. The lowest BCUT2D eigenvalue weighted by atomic mass is 10.2. The van der Waals surface area contributed by atoms with Crippen molar-refractivity contribution in [3.8, 4) is 5.75 Å². The lowest BCUT2D eigenvalue weighted by Crippen LogP contribution is -2.34. The Bertz CT molecular complexity index is 727. The number of ether oxygens (including phenoxy) is 2. The number of carboxylic acids is 1. The molecule has 0 spiro atoms. The number of carbonyl (C=O) groups is 4. The first-order valence-electron chi connectivity index (χ1n) is 7.24. The van der Waals surface area contributed by atoms with Crippen molar-refractivity contribution >= 4 is 40.9 Å². The van der Waals surface area contributed by atoms with Crippen molar-refractivity contribution in [2.24, 2.45) is 0 Å². The summed E-state index contributed by atoms with van der Waals surface area (Å²) >= 11 is 0.729. The van der Waals surface area contributed by atoms with E-state index in [4.69, 9.17) is 9.47 Å². The summed E-state index contributed by atoms with van der Waals surface area (Å²) in [5.74, 6) is -2.23. The van der Waals surface area contributed by atoms with Crippen LogP contribution in [0.1, 0.15) is 12.5 Å². The molecule has 2 rings (SSSR count). The Labute approximate surface area is 147 Å². The van der Waals surface area contributed by atoms with Crippen LogP contribution < -0.4 is 9.84 Å². The van der Waals surface area contributed by atoms with Crippen LogP contribution in [0.2, 0.25) is 0 Å². The minimum Gasteiger partial charge on any atom is -0.546 e. The Hall–Kier alpha value is -2.81. The number of aliphatic carboxylic acids is 1. The van der Waals surface area contributed by atoms with Gasteiger partial charge in [-0.25, -0.2) is 0 Å². The van der Waals surface area contributed by atoms with Crippen LogP contribution in [0.3, 0.4) is 0 Å². The van der Waals surface area contributed by atoms with Gasteiger partial charge in [0.2, 0.25) is 0 Å². The summed E-state index contributed by atoms with van der Waals surface area (Å²) in [4.78, 5) is 46.9. The number of hydrogen-bond donors (Lipinski definition) is 0. The van der Waals surface area contributed by atoms with Gasteiger partial charge in [-0.15, -0.1) is 0 Å². The molecule has 0 bridgehead atoms. The first kappa shape index (κ1) is 18.5. The molecule has 25 heavy (non-hydrogen) atoms. The number of esters is 1. The van der Waals surface area contributed by atoms with Gasteiger partial charge in [0.25, 0.3) is 11.1 Å². The van der Waals surface area contributed by atoms with Gasteiger partial charge in [0, 0.05) is 0 Å². The Morgan fingerprint density at radius 3 is 2.52 bits per heavy atom. The van der Waals surface area contributed by atoms with E-state index in [1.54, 1.807) is 19.1 Å². The molecule has 132 valence electrons. The molecular formula is C16H14NO7S-. The molecule has 9 heteroatoms. The largest absolute Gasteiger partial charge is 0.546 e. The van der Waals surface area contributed by atoms with Crippen molar-refractivity contribution < 1.29 is 33.8 Å². The van der Waals surface area contributed by atoms with E-state index in [0.29, 0.717) is 11.3 Å². The second-order valence-electron chi connectivity index (χ2n) is 4.80. The summed E-state index contributed by atoms with van der Waals surface area (Å²) in [6.45, 7) is 0.807. The molecule has 0 aliphatic carbocycles. The van der Waals surface area contributed by atoms with Gasteiger partial charge in [0.15, 0.2) is 0 Å². The van der Waals surface area contributed by atoms with Gasteiger partial charge in [0.1, 0.15) is 18.9 Å². The molecule has 1 aromatic carbocycles. The minimum atomic E-state index is -1.33. The van der Waals surface area contributed by atoms with E-state index in [2.05, 4.69) is 0 Å². The van der Waals surface area contributed by atoms with Crippen LogP contribution in [0.4, 0.5) is 4.79 Å². The Morgan fingerprint density at radius 1 is 1.24 bits per heavy atom. The molecule has 1 fully saturated rings. The maximum Gasteiger partial charge on any atom is 0.326 e. The maximum atomic E-state index is 12.2. The van der Waals surface area contributed by atoms with Crippen LogP contribution in [0.25, 0.3) is 6.08 Å². The number of carbonyl (C=O) groups excluding carboxylic acids is 4. The lowest BCUT2D eigenvalue weighted by Gasteiger charge is -2.10. The molecule has 1 heterocycles. The molecule has 0 N–H and O–H groups in total. The first-order valence-corrected chi connectivity index (χ1v) is 8.06. The second kappa shape index (κ2) is 8.34. The minimum absolute atomic E-state index is 0.164. The Balaban J connectivity index is 2.05. The van der Waals surface area contributed by atoms with Crippen molar-refractivity contribution in [3.63, 3.8) is 0 Å². The van der Waals surface area contributed by atoms with E-state index in [0.717, 1.165) is 16.7 Å². The quantitative estimate of drug-likeness (QED) is 0.505. The molecule has 1 saturated heterocycles. The fourth-order valence-electron chi connectivity index (χ4n) is 1.93. The van der Waals surface area contributed by atoms with Crippen molar-refractivity contribution in [3.05, 3.63) is 34.7 Å². The molecule has 8 nitrogen and oxygen atoms in total. The van der Waals surface area contributed by atoms with E-state index in [1.807, 2.05) is 0 Å². The van der Waals surface area contributed by atoms with Gasteiger partial charge in [0.05, 0.1) is 17.5 Å². The molecule has 0 radical (unpaired) electrons. The average molecular weight is 364 g/mol. The van der Waals surface area contributed by atoms with Gasteiger partial charge >= 0.3 is 5.97 Å². The van der Waals surface area contributed by atoms with Gasteiger partial charge in [-0.3, -0.25) is 19.3 Å². The van der Waals surface area contributed by atoms with Crippen molar-refractivity contribution in [2.45, 2.75) is 6.92 Å². The summed E-state index contributed by atoms with van der Waals surface area (Å²) in [6, 6.07) is 6.25. The van der Waals surface area contributed by atoms with E-state index in [-0.39, 0.29) is 11.5 Å². The summed E-state index contributed by atoms with van der Waals surface area (Å²) in [5, 5.41) is 9.79. The van der Waals surface area contributed by atoms with Crippen molar-refractivity contribution in [1.82, 2.24) is 4.90 Å². The van der Waals surface area contributed by atoms with Gasteiger partial charge in [-0.05, 0) is 42.5 Å². The van der Waals surface area contributed by atoms with E-state index in [9.17, 15) is 24.3 Å². The third-order valence-electron chi connectivity index (χ3n) is 3.00. The number of benzene rings is 1. The predicted octanol–water partition coefficient (Wildman–Crippen LogP) is 0.415. The highest BCUT2D eigenvalue weighted by molar-refractivity contribution is 8.18. The SMILES string of the molecule is CCOC(=O)CN1C(=O)S/C(=C/c2ccc(OCC(=O)[O-])cc2)C1=O. The van der Waals surface area contributed by atoms with E-state index >= 15 is 0 Å². The van der Waals surface area contributed by atoms with Crippen LogP contribution in [0.15, 0.2) is 29.2 Å². The average Bonchev–Trinajstić information content (AvgIpc) is 2.82. The second-order valence-corrected chi connectivity index (χ2v) is 5.80.